The van der Waals surface area contributed by atoms with Crippen LogP contribution in [0.3, 0.4) is 0 Å². The summed E-state index contributed by atoms with van der Waals surface area (Å²) in [5.74, 6) is 0.251. The summed E-state index contributed by atoms with van der Waals surface area (Å²) in [4.78, 5) is 19.6. The average molecular weight is 355 g/mol. The highest BCUT2D eigenvalue weighted by atomic mass is 16.6. The van der Waals surface area contributed by atoms with Crippen LogP contribution in [0.1, 0.15) is 22.5 Å². The summed E-state index contributed by atoms with van der Waals surface area (Å²) in [6, 6.07) is 8.38. The van der Waals surface area contributed by atoms with Gasteiger partial charge in [-0.25, -0.2) is 4.63 Å². The van der Waals surface area contributed by atoms with Crippen molar-refractivity contribution in [3.8, 4) is 0 Å². The highest BCUT2D eigenvalue weighted by molar-refractivity contribution is 5.82. The molecule has 0 saturated carbocycles. The smallest absolute Gasteiger partial charge is 0.240 e. The van der Waals surface area contributed by atoms with Crippen LogP contribution in [0.2, 0.25) is 0 Å². The summed E-state index contributed by atoms with van der Waals surface area (Å²) in [6.07, 6.45) is 0.801. The van der Waals surface area contributed by atoms with E-state index in [1.165, 1.54) is 11.1 Å². The molecule has 0 aliphatic carbocycles. The number of piperazine rings is 1. The molecule has 0 spiro atoms. The largest absolute Gasteiger partial charge is 0.339 e. The fourth-order valence-electron chi connectivity index (χ4n) is 3.87. The first-order chi connectivity index (χ1) is 12.6. The van der Waals surface area contributed by atoms with Crippen molar-refractivity contribution in [3.63, 3.8) is 0 Å². The molecule has 1 saturated heterocycles. The van der Waals surface area contributed by atoms with E-state index in [-0.39, 0.29) is 11.9 Å². The van der Waals surface area contributed by atoms with E-state index in [1.54, 1.807) is 0 Å². The standard InChI is InChI=1S/C19H25N5O2/c1-14-17(21-26-20-14)13-23-7-9-24(10-8-23)19(25)18-11-15-5-3-4-6-16(15)12-22(18)2/h3-6,18H,7-13H2,1-2H3. The zero-order chi connectivity index (χ0) is 18.1. The number of fused-ring (bicyclic) bond motifs is 1. The minimum atomic E-state index is -0.0570. The molecule has 26 heavy (non-hydrogen) atoms. The number of aromatic nitrogens is 2. The Balaban J connectivity index is 1.36. The Labute approximate surface area is 153 Å². The van der Waals surface area contributed by atoms with Gasteiger partial charge in [0.1, 0.15) is 11.4 Å². The van der Waals surface area contributed by atoms with Crippen molar-refractivity contribution < 1.29 is 9.42 Å². The number of amides is 1. The SMILES string of the molecule is Cc1nonc1CN1CCN(C(=O)C2Cc3ccccc3CN2C)CC1. The summed E-state index contributed by atoms with van der Waals surface area (Å²) in [5.41, 5.74) is 4.36. The normalized spacial score (nSPS) is 21.6. The van der Waals surface area contributed by atoms with Crippen molar-refractivity contribution in [1.29, 1.82) is 0 Å². The van der Waals surface area contributed by atoms with E-state index in [0.29, 0.717) is 0 Å². The molecular weight excluding hydrogens is 330 g/mol. The van der Waals surface area contributed by atoms with Gasteiger partial charge in [0.25, 0.3) is 0 Å². The van der Waals surface area contributed by atoms with Crippen LogP contribution in [0.4, 0.5) is 0 Å². The number of hydrogen-bond donors (Lipinski definition) is 0. The van der Waals surface area contributed by atoms with Gasteiger partial charge in [-0.1, -0.05) is 34.6 Å². The molecule has 1 aromatic heterocycles. The molecule has 1 aromatic carbocycles. The van der Waals surface area contributed by atoms with Gasteiger partial charge in [0.15, 0.2) is 0 Å². The summed E-state index contributed by atoms with van der Waals surface area (Å²) in [5, 5.41) is 7.78. The number of benzene rings is 1. The topological polar surface area (TPSA) is 65.7 Å². The number of hydrogen-bond acceptors (Lipinski definition) is 6. The molecule has 1 amide bonds. The monoisotopic (exact) mass is 355 g/mol. The minimum absolute atomic E-state index is 0.0570. The van der Waals surface area contributed by atoms with E-state index in [4.69, 9.17) is 4.63 Å². The van der Waals surface area contributed by atoms with Crippen molar-refractivity contribution >= 4 is 5.91 Å². The maximum atomic E-state index is 13.1. The highest BCUT2D eigenvalue weighted by Crippen LogP contribution is 2.23. The van der Waals surface area contributed by atoms with Crippen LogP contribution in [-0.2, 0) is 24.3 Å². The Morgan fingerprint density at radius 3 is 2.58 bits per heavy atom. The van der Waals surface area contributed by atoms with Crippen LogP contribution in [0, 0.1) is 6.92 Å². The van der Waals surface area contributed by atoms with Gasteiger partial charge in [0.2, 0.25) is 5.91 Å². The van der Waals surface area contributed by atoms with Gasteiger partial charge >= 0.3 is 0 Å². The molecular formula is C19H25N5O2. The van der Waals surface area contributed by atoms with Gasteiger partial charge in [-0.3, -0.25) is 14.6 Å². The average Bonchev–Trinajstić information content (AvgIpc) is 3.06. The van der Waals surface area contributed by atoms with Gasteiger partial charge in [0, 0.05) is 39.3 Å². The predicted molar refractivity (Wildman–Crippen MR) is 96.3 cm³/mol. The third kappa shape index (κ3) is 3.37. The lowest BCUT2D eigenvalue weighted by Gasteiger charge is -2.40. The van der Waals surface area contributed by atoms with Crippen molar-refractivity contribution in [2.75, 3.05) is 33.2 Å². The lowest BCUT2D eigenvalue weighted by molar-refractivity contribution is -0.139. The van der Waals surface area contributed by atoms with Crippen LogP contribution in [0.25, 0.3) is 0 Å². The van der Waals surface area contributed by atoms with E-state index in [1.807, 2.05) is 11.8 Å². The number of carbonyl (C=O) groups excluding carboxylic acids is 1. The quantitative estimate of drug-likeness (QED) is 0.821. The number of likely N-dealkylation sites (N-methyl/N-ethyl adjacent to an activating group) is 1. The van der Waals surface area contributed by atoms with Crippen molar-refractivity contribution in [3.05, 3.63) is 46.8 Å². The van der Waals surface area contributed by atoms with Gasteiger partial charge < -0.3 is 4.90 Å². The first kappa shape index (κ1) is 17.2. The first-order valence-corrected chi connectivity index (χ1v) is 9.18. The number of nitrogens with zero attached hydrogens (tertiary/aromatic N) is 5. The number of rotatable bonds is 3. The molecule has 7 nitrogen and oxygen atoms in total. The van der Waals surface area contributed by atoms with Gasteiger partial charge in [-0.15, -0.1) is 0 Å². The Hall–Kier alpha value is -2.25. The maximum absolute atomic E-state index is 13.1. The van der Waals surface area contributed by atoms with Crippen LogP contribution >= 0.6 is 0 Å². The molecule has 138 valence electrons. The molecule has 2 aliphatic heterocycles. The molecule has 0 radical (unpaired) electrons. The summed E-state index contributed by atoms with van der Waals surface area (Å²) < 4.78 is 4.77. The third-order valence-electron chi connectivity index (χ3n) is 5.57. The van der Waals surface area contributed by atoms with E-state index >= 15 is 0 Å². The second kappa shape index (κ2) is 7.17. The fraction of sp³-hybridized carbons (Fsp3) is 0.526. The Kier molecular flexibility index (Phi) is 4.74. The lowest BCUT2D eigenvalue weighted by Crippen LogP contribution is -2.55. The zero-order valence-corrected chi connectivity index (χ0v) is 15.4. The van der Waals surface area contributed by atoms with Gasteiger partial charge in [-0.2, -0.15) is 0 Å². The van der Waals surface area contributed by atoms with Crippen molar-refractivity contribution in [2.45, 2.75) is 32.5 Å². The molecule has 3 heterocycles. The lowest BCUT2D eigenvalue weighted by atomic mass is 9.93. The molecule has 2 aromatic rings. The second-order valence-corrected chi connectivity index (χ2v) is 7.30. The van der Waals surface area contributed by atoms with Crippen molar-refractivity contribution in [1.82, 2.24) is 25.0 Å². The Bertz CT molecular complexity index is 782. The van der Waals surface area contributed by atoms with Gasteiger partial charge in [0.05, 0.1) is 6.04 Å². The molecule has 7 heteroatoms. The Morgan fingerprint density at radius 1 is 1.15 bits per heavy atom. The zero-order valence-electron chi connectivity index (χ0n) is 15.4. The molecule has 1 fully saturated rings. The fourth-order valence-corrected chi connectivity index (χ4v) is 3.87. The molecule has 1 atom stereocenters. The minimum Gasteiger partial charge on any atom is -0.339 e. The van der Waals surface area contributed by atoms with Crippen molar-refractivity contribution in [2.24, 2.45) is 0 Å². The molecule has 4 rings (SSSR count). The first-order valence-electron chi connectivity index (χ1n) is 9.18. The van der Waals surface area contributed by atoms with E-state index < -0.39 is 0 Å². The highest BCUT2D eigenvalue weighted by Gasteiger charge is 2.33. The van der Waals surface area contributed by atoms with E-state index in [2.05, 4.69) is 51.4 Å². The van der Waals surface area contributed by atoms with Crippen LogP contribution in [0.5, 0.6) is 0 Å². The maximum Gasteiger partial charge on any atom is 0.240 e. The van der Waals surface area contributed by atoms with E-state index in [0.717, 1.165) is 57.1 Å². The van der Waals surface area contributed by atoms with Crippen LogP contribution in [0.15, 0.2) is 28.9 Å². The Morgan fingerprint density at radius 2 is 1.88 bits per heavy atom. The second-order valence-electron chi connectivity index (χ2n) is 7.30. The molecule has 0 N–H and O–H groups in total. The summed E-state index contributed by atoms with van der Waals surface area (Å²) in [6.45, 7) is 6.70. The third-order valence-corrected chi connectivity index (χ3v) is 5.57. The summed E-state index contributed by atoms with van der Waals surface area (Å²) >= 11 is 0. The van der Waals surface area contributed by atoms with Gasteiger partial charge in [-0.05, 0) is 31.5 Å². The number of aryl methyl sites for hydroxylation is 1. The van der Waals surface area contributed by atoms with Crippen LogP contribution in [-0.4, -0.2) is 70.2 Å². The van der Waals surface area contributed by atoms with E-state index in [9.17, 15) is 4.79 Å². The molecule has 0 bridgehead atoms. The molecule has 1 unspecified atom stereocenters. The molecule has 2 aliphatic rings. The van der Waals surface area contributed by atoms with Crippen LogP contribution < -0.4 is 0 Å². The predicted octanol–water partition coefficient (Wildman–Crippen LogP) is 1.08. The summed E-state index contributed by atoms with van der Waals surface area (Å²) in [7, 11) is 2.05. The number of carbonyl (C=O) groups is 1.